The molecule has 0 radical (unpaired) electrons. The summed E-state index contributed by atoms with van der Waals surface area (Å²) in [4.78, 5) is 0. The number of hydrogen-bond acceptors (Lipinski definition) is 4. The zero-order chi connectivity index (χ0) is 11.0. The number of ether oxygens (including phenoxy) is 1. The minimum Gasteiger partial charge on any atom is -0.375 e. The minimum absolute atomic E-state index is 0.430. The summed E-state index contributed by atoms with van der Waals surface area (Å²) in [5.74, 6) is 1.56. The molecule has 5 atom stereocenters. The molecular weight excluding hydrogens is 202 g/mol. The summed E-state index contributed by atoms with van der Waals surface area (Å²) >= 11 is 0. The molecule has 16 heavy (non-hydrogen) atoms. The largest absolute Gasteiger partial charge is 0.375 e. The lowest BCUT2D eigenvalue weighted by molar-refractivity contribution is -0.0638. The Hall–Kier alpha value is -0.160. The van der Waals surface area contributed by atoms with E-state index >= 15 is 0 Å². The number of rotatable bonds is 2. The Balaban J connectivity index is 1.78. The number of morpholine rings is 1. The second kappa shape index (κ2) is 4.61. The van der Waals surface area contributed by atoms with Gasteiger partial charge in [0, 0.05) is 25.2 Å². The first-order chi connectivity index (χ1) is 7.90. The highest BCUT2D eigenvalue weighted by Gasteiger charge is 2.47. The monoisotopic (exact) mass is 225 g/mol. The minimum atomic E-state index is 0.430. The average molecular weight is 225 g/mol. The Morgan fingerprint density at radius 2 is 2.31 bits per heavy atom. The van der Waals surface area contributed by atoms with Crippen molar-refractivity contribution in [3.8, 4) is 0 Å². The lowest BCUT2D eigenvalue weighted by Gasteiger charge is -2.47. The number of fused-ring (bicyclic) bond motifs is 2. The molecule has 92 valence electrons. The molecule has 2 aliphatic heterocycles. The van der Waals surface area contributed by atoms with E-state index in [1.54, 1.807) is 0 Å². The SMILES string of the molecule is CCCC1C2CNNC2CC2OCCNC21. The van der Waals surface area contributed by atoms with Crippen molar-refractivity contribution >= 4 is 0 Å². The van der Waals surface area contributed by atoms with Crippen LogP contribution in [-0.2, 0) is 4.74 Å². The molecule has 0 bridgehead atoms. The number of nitrogens with one attached hydrogen (secondary N) is 3. The van der Waals surface area contributed by atoms with Crippen LogP contribution in [-0.4, -0.2) is 37.9 Å². The second-order valence-electron chi connectivity index (χ2n) is 5.37. The Kier molecular flexibility index (Phi) is 3.16. The van der Waals surface area contributed by atoms with Crippen LogP contribution in [0.3, 0.4) is 0 Å². The van der Waals surface area contributed by atoms with Crippen LogP contribution in [0.15, 0.2) is 0 Å². The van der Waals surface area contributed by atoms with E-state index in [2.05, 4.69) is 23.1 Å². The predicted octanol–water partition coefficient (Wildman–Crippen LogP) is 0.256. The smallest absolute Gasteiger partial charge is 0.0746 e. The molecule has 3 N–H and O–H groups in total. The lowest BCUT2D eigenvalue weighted by Crippen LogP contribution is -2.60. The third-order valence-corrected chi connectivity index (χ3v) is 4.48. The van der Waals surface area contributed by atoms with Crippen molar-refractivity contribution in [1.29, 1.82) is 0 Å². The van der Waals surface area contributed by atoms with Crippen LogP contribution < -0.4 is 16.2 Å². The van der Waals surface area contributed by atoms with Gasteiger partial charge in [-0.1, -0.05) is 13.3 Å². The van der Waals surface area contributed by atoms with E-state index in [0.717, 1.165) is 38.0 Å². The van der Waals surface area contributed by atoms with Crippen molar-refractivity contribution in [3.05, 3.63) is 0 Å². The molecule has 0 amide bonds. The molecule has 2 heterocycles. The van der Waals surface area contributed by atoms with Crippen molar-refractivity contribution in [2.45, 2.75) is 44.4 Å². The Labute approximate surface area is 97.5 Å². The highest BCUT2D eigenvalue weighted by atomic mass is 16.5. The van der Waals surface area contributed by atoms with Gasteiger partial charge in [-0.15, -0.1) is 0 Å². The van der Waals surface area contributed by atoms with Gasteiger partial charge in [0.1, 0.15) is 0 Å². The van der Waals surface area contributed by atoms with Gasteiger partial charge >= 0.3 is 0 Å². The van der Waals surface area contributed by atoms with Crippen LogP contribution in [0.5, 0.6) is 0 Å². The standard InChI is InChI=1S/C12H23N3O/c1-2-3-8-9-7-14-15-10(9)6-11-12(8)13-4-5-16-11/h8-15H,2-7H2,1H3. The molecule has 1 saturated carbocycles. The zero-order valence-corrected chi connectivity index (χ0v) is 10.0. The Bertz CT molecular complexity index is 248. The van der Waals surface area contributed by atoms with Crippen LogP contribution >= 0.6 is 0 Å². The van der Waals surface area contributed by atoms with E-state index in [1.807, 2.05) is 0 Å². The fraction of sp³-hybridized carbons (Fsp3) is 1.00. The summed E-state index contributed by atoms with van der Waals surface area (Å²) in [6.07, 6.45) is 4.19. The molecule has 0 aromatic carbocycles. The molecule has 2 saturated heterocycles. The van der Waals surface area contributed by atoms with Crippen molar-refractivity contribution in [1.82, 2.24) is 16.2 Å². The second-order valence-corrected chi connectivity index (χ2v) is 5.37. The quantitative estimate of drug-likeness (QED) is 0.631. The van der Waals surface area contributed by atoms with E-state index in [1.165, 1.54) is 12.8 Å². The van der Waals surface area contributed by atoms with Gasteiger partial charge in [0.25, 0.3) is 0 Å². The molecule has 3 aliphatic rings. The fourth-order valence-electron chi connectivity index (χ4n) is 3.80. The fourth-order valence-corrected chi connectivity index (χ4v) is 3.80. The summed E-state index contributed by atoms with van der Waals surface area (Å²) in [7, 11) is 0. The van der Waals surface area contributed by atoms with Crippen LogP contribution in [0, 0.1) is 11.8 Å². The molecule has 4 heteroatoms. The van der Waals surface area contributed by atoms with Gasteiger partial charge in [-0.3, -0.25) is 10.9 Å². The normalized spacial score (nSPS) is 47.4. The third-order valence-electron chi connectivity index (χ3n) is 4.48. The first-order valence-corrected chi connectivity index (χ1v) is 6.73. The van der Waals surface area contributed by atoms with Gasteiger partial charge in [0.2, 0.25) is 0 Å². The van der Waals surface area contributed by atoms with Crippen molar-refractivity contribution in [2.75, 3.05) is 19.7 Å². The molecule has 4 nitrogen and oxygen atoms in total. The van der Waals surface area contributed by atoms with E-state index < -0.39 is 0 Å². The highest BCUT2D eigenvalue weighted by Crippen LogP contribution is 2.37. The van der Waals surface area contributed by atoms with E-state index in [0.29, 0.717) is 18.2 Å². The average Bonchev–Trinajstić information content (AvgIpc) is 2.77. The molecule has 0 aromatic heterocycles. The van der Waals surface area contributed by atoms with Crippen molar-refractivity contribution in [2.24, 2.45) is 11.8 Å². The first-order valence-electron chi connectivity index (χ1n) is 6.73. The van der Waals surface area contributed by atoms with Gasteiger partial charge < -0.3 is 10.1 Å². The maximum absolute atomic E-state index is 5.94. The van der Waals surface area contributed by atoms with Gasteiger partial charge in [-0.2, -0.15) is 0 Å². The molecule has 0 aromatic rings. The molecule has 5 unspecified atom stereocenters. The topological polar surface area (TPSA) is 45.3 Å². The molecule has 3 fully saturated rings. The number of hydrogen-bond donors (Lipinski definition) is 3. The van der Waals surface area contributed by atoms with Crippen molar-refractivity contribution in [3.63, 3.8) is 0 Å². The zero-order valence-electron chi connectivity index (χ0n) is 10.0. The van der Waals surface area contributed by atoms with Crippen LogP contribution in [0.25, 0.3) is 0 Å². The van der Waals surface area contributed by atoms with Gasteiger partial charge in [0.05, 0.1) is 12.7 Å². The van der Waals surface area contributed by atoms with E-state index in [4.69, 9.17) is 4.74 Å². The van der Waals surface area contributed by atoms with Gasteiger partial charge in [-0.05, 0) is 24.7 Å². The summed E-state index contributed by atoms with van der Waals surface area (Å²) in [6.45, 7) is 5.32. The van der Waals surface area contributed by atoms with Gasteiger partial charge in [-0.25, -0.2) is 0 Å². The number of hydrazine groups is 1. The molecule has 3 rings (SSSR count). The van der Waals surface area contributed by atoms with Gasteiger partial charge in [0.15, 0.2) is 0 Å². The predicted molar refractivity (Wildman–Crippen MR) is 63.0 cm³/mol. The summed E-state index contributed by atoms with van der Waals surface area (Å²) < 4.78 is 5.94. The summed E-state index contributed by atoms with van der Waals surface area (Å²) in [5.41, 5.74) is 6.75. The first kappa shape index (κ1) is 11.0. The maximum atomic E-state index is 5.94. The van der Waals surface area contributed by atoms with E-state index in [9.17, 15) is 0 Å². The highest BCUT2D eigenvalue weighted by molar-refractivity contribution is 5.02. The molecule has 1 aliphatic carbocycles. The summed E-state index contributed by atoms with van der Waals surface area (Å²) in [6, 6.07) is 1.22. The Morgan fingerprint density at radius 1 is 1.38 bits per heavy atom. The van der Waals surface area contributed by atoms with Crippen LogP contribution in [0.2, 0.25) is 0 Å². The van der Waals surface area contributed by atoms with E-state index in [-0.39, 0.29) is 0 Å². The van der Waals surface area contributed by atoms with Crippen molar-refractivity contribution < 1.29 is 4.74 Å². The summed E-state index contributed by atoms with van der Waals surface area (Å²) in [5, 5.41) is 3.69. The lowest BCUT2D eigenvalue weighted by atomic mass is 9.70. The third kappa shape index (κ3) is 1.78. The van der Waals surface area contributed by atoms with Crippen LogP contribution in [0.1, 0.15) is 26.2 Å². The Morgan fingerprint density at radius 3 is 3.19 bits per heavy atom. The molecule has 0 spiro atoms. The maximum Gasteiger partial charge on any atom is 0.0746 e. The molecular formula is C12H23N3O. The van der Waals surface area contributed by atoms with Crippen LogP contribution in [0.4, 0.5) is 0 Å².